The molecule has 0 amide bonds. The summed E-state index contributed by atoms with van der Waals surface area (Å²) in [6.07, 6.45) is 1.86. The van der Waals surface area contributed by atoms with Gasteiger partial charge in [-0.05, 0) is 31.5 Å². The molecule has 0 atom stereocenters. The Balaban J connectivity index is 1.63. The molecule has 2 heterocycles. The molecular formula is C21H25N3O. The Bertz CT molecular complexity index is 786. The average molecular weight is 335 g/mol. The number of aliphatic imine (C=N–C) groups is 1. The largest absolute Gasteiger partial charge is 0.381 e. The fourth-order valence-electron chi connectivity index (χ4n) is 3.87. The molecule has 4 nitrogen and oxygen atoms in total. The zero-order valence-corrected chi connectivity index (χ0v) is 14.9. The SMILES string of the molecule is Cc1cc(C)cc(CNC2=Nc3ccccc3NC23CCOCC3)c1. The molecule has 0 aromatic heterocycles. The monoisotopic (exact) mass is 335 g/mol. The molecule has 25 heavy (non-hydrogen) atoms. The lowest BCUT2D eigenvalue weighted by Crippen LogP contribution is -2.56. The average Bonchev–Trinajstić information content (AvgIpc) is 2.60. The Morgan fingerprint density at radius 1 is 1.08 bits per heavy atom. The second kappa shape index (κ2) is 6.52. The van der Waals surface area contributed by atoms with Gasteiger partial charge in [-0.3, -0.25) is 0 Å². The number of nitrogens with zero attached hydrogens (tertiary/aromatic N) is 1. The Labute approximate surface area is 149 Å². The van der Waals surface area contributed by atoms with Crippen LogP contribution >= 0.6 is 0 Å². The van der Waals surface area contributed by atoms with Crippen LogP contribution in [0.4, 0.5) is 11.4 Å². The van der Waals surface area contributed by atoms with Crippen LogP contribution < -0.4 is 10.6 Å². The number of hydrogen-bond acceptors (Lipinski definition) is 4. The topological polar surface area (TPSA) is 45.7 Å². The number of ether oxygens (including phenoxy) is 1. The number of rotatable bonds is 2. The molecule has 2 aliphatic heterocycles. The van der Waals surface area contributed by atoms with Gasteiger partial charge in [0.15, 0.2) is 0 Å². The highest BCUT2D eigenvalue weighted by molar-refractivity contribution is 6.00. The van der Waals surface area contributed by atoms with Crippen LogP contribution in [-0.4, -0.2) is 24.6 Å². The van der Waals surface area contributed by atoms with E-state index in [-0.39, 0.29) is 5.54 Å². The number of anilines is 1. The van der Waals surface area contributed by atoms with Crippen LogP contribution in [0.3, 0.4) is 0 Å². The van der Waals surface area contributed by atoms with Gasteiger partial charge in [-0.15, -0.1) is 0 Å². The van der Waals surface area contributed by atoms with E-state index in [4.69, 9.17) is 9.73 Å². The molecule has 0 unspecified atom stereocenters. The normalized spacial score (nSPS) is 18.2. The first-order valence-electron chi connectivity index (χ1n) is 9.00. The predicted octanol–water partition coefficient (Wildman–Crippen LogP) is 4.10. The first-order chi connectivity index (χ1) is 12.1. The highest BCUT2D eigenvalue weighted by Crippen LogP contribution is 2.37. The van der Waals surface area contributed by atoms with Crippen molar-refractivity contribution in [1.82, 2.24) is 5.32 Å². The molecule has 0 bridgehead atoms. The van der Waals surface area contributed by atoms with E-state index >= 15 is 0 Å². The maximum absolute atomic E-state index is 5.60. The molecule has 2 N–H and O–H groups in total. The molecule has 0 saturated carbocycles. The summed E-state index contributed by atoms with van der Waals surface area (Å²) in [5, 5.41) is 7.37. The standard InChI is InChI=1S/C21H25N3O/c1-15-11-16(2)13-17(12-15)14-22-20-21(7-9-25-10-8-21)24-19-6-4-3-5-18(19)23-20/h3-6,11-13,24H,7-10,14H2,1-2H3,(H,22,23). The lowest BCUT2D eigenvalue weighted by Gasteiger charge is -2.42. The fourth-order valence-corrected chi connectivity index (χ4v) is 3.87. The van der Waals surface area contributed by atoms with Crippen molar-refractivity contribution in [2.24, 2.45) is 4.99 Å². The molecule has 2 aromatic carbocycles. The Kier molecular flexibility index (Phi) is 4.22. The summed E-state index contributed by atoms with van der Waals surface area (Å²) in [6, 6.07) is 14.9. The smallest absolute Gasteiger partial charge is 0.129 e. The highest BCUT2D eigenvalue weighted by Gasteiger charge is 2.40. The van der Waals surface area contributed by atoms with Crippen LogP contribution in [0.1, 0.15) is 29.5 Å². The van der Waals surface area contributed by atoms with Gasteiger partial charge >= 0.3 is 0 Å². The molecular weight excluding hydrogens is 310 g/mol. The number of fused-ring (bicyclic) bond motifs is 1. The zero-order chi connectivity index (χ0) is 17.3. The van der Waals surface area contributed by atoms with Gasteiger partial charge in [0.2, 0.25) is 0 Å². The minimum Gasteiger partial charge on any atom is -0.381 e. The summed E-state index contributed by atoms with van der Waals surface area (Å²) in [4.78, 5) is 4.97. The lowest BCUT2D eigenvalue weighted by molar-refractivity contribution is 0.0771. The van der Waals surface area contributed by atoms with Crippen LogP contribution in [0, 0.1) is 13.8 Å². The minimum absolute atomic E-state index is 0.147. The Hall–Kier alpha value is -2.33. The van der Waals surface area contributed by atoms with Crippen LogP contribution in [0.2, 0.25) is 0 Å². The van der Waals surface area contributed by atoms with Gasteiger partial charge in [-0.1, -0.05) is 41.5 Å². The van der Waals surface area contributed by atoms with Crippen LogP contribution in [0.15, 0.2) is 47.5 Å². The van der Waals surface area contributed by atoms with Crippen molar-refractivity contribution in [3.8, 4) is 0 Å². The number of aryl methyl sites for hydroxylation is 2. The van der Waals surface area contributed by atoms with Crippen molar-refractivity contribution in [2.45, 2.75) is 38.8 Å². The molecule has 1 spiro atoms. The van der Waals surface area contributed by atoms with E-state index in [1.165, 1.54) is 16.7 Å². The number of nitrogens with one attached hydrogen (secondary N) is 2. The first kappa shape index (κ1) is 16.2. The number of para-hydroxylation sites is 2. The van der Waals surface area contributed by atoms with Crippen LogP contribution in [-0.2, 0) is 11.3 Å². The summed E-state index contributed by atoms with van der Waals surface area (Å²) in [5.41, 5.74) is 5.86. The van der Waals surface area contributed by atoms with E-state index in [0.29, 0.717) is 0 Å². The Morgan fingerprint density at radius 2 is 1.80 bits per heavy atom. The summed E-state index contributed by atoms with van der Waals surface area (Å²) in [6.45, 7) is 6.60. The molecule has 130 valence electrons. The Morgan fingerprint density at radius 3 is 2.56 bits per heavy atom. The number of amidine groups is 1. The maximum atomic E-state index is 5.60. The van der Waals surface area contributed by atoms with Crippen molar-refractivity contribution in [1.29, 1.82) is 0 Å². The molecule has 1 fully saturated rings. The summed E-state index contributed by atoms with van der Waals surface area (Å²) in [5.74, 6) is 1.04. The van der Waals surface area contributed by atoms with E-state index in [1.807, 2.05) is 6.07 Å². The van der Waals surface area contributed by atoms with Crippen molar-refractivity contribution >= 4 is 17.2 Å². The molecule has 0 aliphatic carbocycles. The quantitative estimate of drug-likeness (QED) is 0.868. The minimum atomic E-state index is -0.147. The van der Waals surface area contributed by atoms with Crippen molar-refractivity contribution in [2.75, 3.05) is 18.5 Å². The molecule has 1 saturated heterocycles. The van der Waals surface area contributed by atoms with Gasteiger partial charge < -0.3 is 15.4 Å². The van der Waals surface area contributed by atoms with Crippen LogP contribution in [0.5, 0.6) is 0 Å². The third-order valence-corrected chi connectivity index (χ3v) is 5.05. The van der Waals surface area contributed by atoms with E-state index in [1.54, 1.807) is 0 Å². The maximum Gasteiger partial charge on any atom is 0.129 e. The highest BCUT2D eigenvalue weighted by atomic mass is 16.5. The first-order valence-corrected chi connectivity index (χ1v) is 9.00. The molecule has 0 radical (unpaired) electrons. The van der Waals surface area contributed by atoms with Crippen LogP contribution in [0.25, 0.3) is 0 Å². The summed E-state index contributed by atoms with van der Waals surface area (Å²) >= 11 is 0. The summed E-state index contributed by atoms with van der Waals surface area (Å²) in [7, 11) is 0. The van der Waals surface area contributed by atoms with Gasteiger partial charge in [-0.2, -0.15) is 0 Å². The van der Waals surface area contributed by atoms with Crippen molar-refractivity contribution in [3.63, 3.8) is 0 Å². The van der Waals surface area contributed by atoms with Crippen molar-refractivity contribution < 1.29 is 4.74 Å². The fraction of sp³-hybridized carbons (Fsp3) is 0.381. The molecule has 2 aromatic rings. The summed E-state index contributed by atoms with van der Waals surface area (Å²) < 4.78 is 5.60. The van der Waals surface area contributed by atoms with E-state index in [0.717, 1.165) is 49.8 Å². The number of hydrogen-bond donors (Lipinski definition) is 2. The number of benzene rings is 2. The molecule has 4 rings (SSSR count). The predicted molar refractivity (Wildman–Crippen MR) is 103 cm³/mol. The second-order valence-corrected chi connectivity index (χ2v) is 7.15. The zero-order valence-electron chi connectivity index (χ0n) is 14.9. The van der Waals surface area contributed by atoms with E-state index in [2.05, 4.69) is 60.9 Å². The van der Waals surface area contributed by atoms with E-state index < -0.39 is 0 Å². The third kappa shape index (κ3) is 3.27. The van der Waals surface area contributed by atoms with Gasteiger partial charge in [-0.25, -0.2) is 4.99 Å². The van der Waals surface area contributed by atoms with Gasteiger partial charge in [0.1, 0.15) is 5.84 Å². The molecule has 4 heteroatoms. The van der Waals surface area contributed by atoms with Gasteiger partial charge in [0.05, 0.1) is 16.9 Å². The lowest BCUT2D eigenvalue weighted by atomic mass is 9.86. The van der Waals surface area contributed by atoms with Gasteiger partial charge in [0.25, 0.3) is 0 Å². The second-order valence-electron chi connectivity index (χ2n) is 7.15. The van der Waals surface area contributed by atoms with E-state index in [9.17, 15) is 0 Å². The van der Waals surface area contributed by atoms with Gasteiger partial charge in [0, 0.05) is 32.6 Å². The van der Waals surface area contributed by atoms with Crippen molar-refractivity contribution in [3.05, 3.63) is 59.2 Å². The third-order valence-electron chi connectivity index (χ3n) is 5.05. The molecule has 2 aliphatic rings.